The molecule has 2 nitrogen and oxygen atoms in total. The highest BCUT2D eigenvalue weighted by Gasteiger charge is 2.11. The number of halogens is 3. The van der Waals surface area contributed by atoms with Crippen LogP contribution in [-0.2, 0) is 6.54 Å². The van der Waals surface area contributed by atoms with Crippen molar-refractivity contribution in [1.82, 2.24) is 5.32 Å². The number of terminal acetylenes is 1. The molecule has 0 saturated carbocycles. The maximum Gasteiger partial charge on any atom is 0.387 e. The van der Waals surface area contributed by atoms with Gasteiger partial charge < -0.3 is 10.1 Å². The number of alkyl halides is 2. The van der Waals surface area contributed by atoms with E-state index in [1.165, 1.54) is 12.1 Å². The molecule has 98 valence electrons. The van der Waals surface area contributed by atoms with Crippen molar-refractivity contribution >= 4 is 11.6 Å². The summed E-state index contributed by atoms with van der Waals surface area (Å²) in [5.74, 6) is 2.64. The summed E-state index contributed by atoms with van der Waals surface area (Å²) in [6.45, 7) is -0.572. The first-order chi connectivity index (χ1) is 8.52. The van der Waals surface area contributed by atoms with E-state index in [-0.39, 0.29) is 11.8 Å². The summed E-state index contributed by atoms with van der Waals surface area (Å²) in [4.78, 5) is 0. The third-order valence-corrected chi connectivity index (χ3v) is 2.54. The second kappa shape index (κ2) is 7.20. The van der Waals surface area contributed by atoms with Gasteiger partial charge in [-0.3, -0.25) is 0 Å². The molecule has 0 aliphatic heterocycles. The topological polar surface area (TPSA) is 21.3 Å². The molecule has 1 atom stereocenters. The Balaban J connectivity index is 2.73. The van der Waals surface area contributed by atoms with E-state index in [1.54, 1.807) is 6.07 Å². The molecule has 0 aliphatic rings. The zero-order valence-electron chi connectivity index (χ0n) is 9.92. The standard InChI is InChI=1S/C13H14ClF2NO/c1-3-4-9(2)17-8-10-7-11(14)5-6-12(10)18-13(15)16/h1,5-7,9,13,17H,4,8H2,2H3. The maximum absolute atomic E-state index is 12.2. The minimum absolute atomic E-state index is 0.0911. The summed E-state index contributed by atoms with van der Waals surface area (Å²) >= 11 is 5.83. The predicted octanol–water partition coefficient (Wildman–Crippen LogP) is 3.44. The van der Waals surface area contributed by atoms with Gasteiger partial charge in [-0.15, -0.1) is 12.3 Å². The maximum atomic E-state index is 12.2. The normalized spacial score (nSPS) is 12.2. The number of rotatable bonds is 6. The highest BCUT2D eigenvalue weighted by Crippen LogP contribution is 2.24. The van der Waals surface area contributed by atoms with E-state index in [0.29, 0.717) is 23.6 Å². The molecule has 0 radical (unpaired) electrons. The summed E-state index contributed by atoms with van der Waals surface area (Å²) in [5, 5.41) is 3.59. The van der Waals surface area contributed by atoms with Crippen LogP contribution in [0.2, 0.25) is 5.02 Å². The number of ether oxygens (including phenoxy) is 1. The van der Waals surface area contributed by atoms with E-state index in [1.807, 2.05) is 6.92 Å². The molecule has 0 aromatic heterocycles. The highest BCUT2D eigenvalue weighted by molar-refractivity contribution is 6.30. The largest absolute Gasteiger partial charge is 0.434 e. The van der Waals surface area contributed by atoms with Crippen molar-refractivity contribution in [3.05, 3.63) is 28.8 Å². The van der Waals surface area contributed by atoms with Crippen LogP contribution in [0.4, 0.5) is 8.78 Å². The molecule has 5 heteroatoms. The van der Waals surface area contributed by atoms with Crippen LogP contribution in [0.1, 0.15) is 18.9 Å². The van der Waals surface area contributed by atoms with Gasteiger partial charge in [0.2, 0.25) is 0 Å². The van der Waals surface area contributed by atoms with Crippen LogP contribution >= 0.6 is 11.6 Å². The summed E-state index contributed by atoms with van der Waals surface area (Å²) < 4.78 is 28.9. The van der Waals surface area contributed by atoms with Crippen molar-refractivity contribution < 1.29 is 13.5 Å². The Bertz CT molecular complexity index is 431. The van der Waals surface area contributed by atoms with E-state index < -0.39 is 6.61 Å². The molecular formula is C13H14ClF2NO. The zero-order chi connectivity index (χ0) is 13.5. The summed E-state index contributed by atoms with van der Waals surface area (Å²) in [5.41, 5.74) is 0.576. The quantitative estimate of drug-likeness (QED) is 0.802. The summed E-state index contributed by atoms with van der Waals surface area (Å²) in [6, 6.07) is 4.62. The summed E-state index contributed by atoms with van der Waals surface area (Å²) in [6.07, 6.45) is 5.74. The lowest BCUT2D eigenvalue weighted by Gasteiger charge is -2.14. The Morgan fingerprint density at radius 1 is 1.50 bits per heavy atom. The van der Waals surface area contributed by atoms with Crippen LogP contribution in [0, 0.1) is 12.3 Å². The molecule has 0 saturated heterocycles. The molecule has 0 heterocycles. The van der Waals surface area contributed by atoms with Gasteiger partial charge in [0, 0.05) is 29.6 Å². The van der Waals surface area contributed by atoms with Gasteiger partial charge in [-0.25, -0.2) is 0 Å². The second-order valence-electron chi connectivity index (χ2n) is 3.82. The molecule has 18 heavy (non-hydrogen) atoms. The number of hydrogen-bond donors (Lipinski definition) is 1. The lowest BCUT2D eigenvalue weighted by Crippen LogP contribution is -2.25. The lowest BCUT2D eigenvalue weighted by atomic mass is 10.1. The van der Waals surface area contributed by atoms with Crippen molar-refractivity contribution in [2.75, 3.05) is 0 Å². The first kappa shape index (κ1) is 14.7. The van der Waals surface area contributed by atoms with E-state index in [2.05, 4.69) is 16.0 Å². The molecule has 1 unspecified atom stereocenters. The molecule has 0 spiro atoms. The van der Waals surface area contributed by atoms with Crippen molar-refractivity contribution in [3.8, 4) is 18.1 Å². The Morgan fingerprint density at radius 3 is 2.83 bits per heavy atom. The van der Waals surface area contributed by atoms with Gasteiger partial charge in [-0.1, -0.05) is 11.6 Å². The predicted molar refractivity (Wildman–Crippen MR) is 67.8 cm³/mol. The van der Waals surface area contributed by atoms with Crippen LogP contribution in [0.3, 0.4) is 0 Å². The van der Waals surface area contributed by atoms with Crippen molar-refractivity contribution in [2.24, 2.45) is 0 Å². The third kappa shape index (κ3) is 4.91. The first-order valence-corrected chi connectivity index (χ1v) is 5.80. The third-order valence-electron chi connectivity index (χ3n) is 2.30. The van der Waals surface area contributed by atoms with Crippen LogP contribution in [-0.4, -0.2) is 12.7 Å². The highest BCUT2D eigenvalue weighted by atomic mass is 35.5. The van der Waals surface area contributed by atoms with Gasteiger partial charge in [0.15, 0.2) is 0 Å². The smallest absolute Gasteiger partial charge is 0.387 e. The Kier molecular flexibility index (Phi) is 5.90. The lowest BCUT2D eigenvalue weighted by molar-refractivity contribution is -0.0505. The Morgan fingerprint density at radius 2 is 2.22 bits per heavy atom. The Labute approximate surface area is 110 Å². The molecule has 0 bridgehead atoms. The van der Waals surface area contributed by atoms with Gasteiger partial charge in [-0.2, -0.15) is 8.78 Å². The van der Waals surface area contributed by atoms with E-state index in [4.69, 9.17) is 18.0 Å². The van der Waals surface area contributed by atoms with E-state index in [0.717, 1.165) is 0 Å². The molecular weight excluding hydrogens is 260 g/mol. The van der Waals surface area contributed by atoms with Crippen LogP contribution in [0.5, 0.6) is 5.75 Å². The number of hydrogen-bond acceptors (Lipinski definition) is 2. The Hall–Kier alpha value is -1.31. The average Bonchev–Trinajstić information content (AvgIpc) is 2.29. The minimum Gasteiger partial charge on any atom is -0.434 e. The van der Waals surface area contributed by atoms with Crippen LogP contribution in [0.25, 0.3) is 0 Å². The first-order valence-electron chi connectivity index (χ1n) is 5.43. The summed E-state index contributed by atoms with van der Waals surface area (Å²) in [7, 11) is 0. The molecule has 1 aromatic carbocycles. The van der Waals surface area contributed by atoms with Crippen molar-refractivity contribution in [3.63, 3.8) is 0 Å². The molecule has 0 aliphatic carbocycles. The van der Waals surface area contributed by atoms with Gasteiger partial charge in [0.25, 0.3) is 0 Å². The van der Waals surface area contributed by atoms with Gasteiger partial charge >= 0.3 is 6.61 Å². The molecule has 1 N–H and O–H groups in total. The van der Waals surface area contributed by atoms with Gasteiger partial charge in [0.05, 0.1) is 0 Å². The molecule has 0 amide bonds. The fourth-order valence-electron chi connectivity index (χ4n) is 1.43. The van der Waals surface area contributed by atoms with Crippen molar-refractivity contribution in [1.29, 1.82) is 0 Å². The second-order valence-corrected chi connectivity index (χ2v) is 4.26. The zero-order valence-corrected chi connectivity index (χ0v) is 10.7. The average molecular weight is 274 g/mol. The van der Waals surface area contributed by atoms with E-state index in [9.17, 15) is 8.78 Å². The van der Waals surface area contributed by atoms with Gasteiger partial charge in [-0.05, 0) is 25.1 Å². The minimum atomic E-state index is -2.85. The van der Waals surface area contributed by atoms with Gasteiger partial charge in [0.1, 0.15) is 5.75 Å². The number of nitrogens with one attached hydrogen (secondary N) is 1. The monoisotopic (exact) mass is 273 g/mol. The van der Waals surface area contributed by atoms with Crippen LogP contribution in [0.15, 0.2) is 18.2 Å². The van der Waals surface area contributed by atoms with Crippen LogP contribution < -0.4 is 10.1 Å². The van der Waals surface area contributed by atoms with Crippen molar-refractivity contribution in [2.45, 2.75) is 32.5 Å². The molecule has 0 fully saturated rings. The molecule has 1 rings (SSSR count). The molecule has 1 aromatic rings. The SMILES string of the molecule is C#CCC(C)NCc1cc(Cl)ccc1OC(F)F. The van der Waals surface area contributed by atoms with E-state index >= 15 is 0 Å². The fourth-order valence-corrected chi connectivity index (χ4v) is 1.62. The fraction of sp³-hybridized carbons (Fsp3) is 0.385. The number of benzene rings is 1.